The summed E-state index contributed by atoms with van der Waals surface area (Å²) in [6.07, 6.45) is 1.34. The molecule has 0 bridgehead atoms. The number of carbonyl (C=O) groups excluding carboxylic acids is 2. The van der Waals surface area contributed by atoms with Gasteiger partial charge in [-0.1, -0.05) is 13.8 Å². The van der Waals surface area contributed by atoms with Crippen LogP contribution in [0.2, 0.25) is 0 Å². The molecule has 0 spiro atoms. The summed E-state index contributed by atoms with van der Waals surface area (Å²) < 4.78 is 5.06. The topological polar surface area (TPSA) is 109 Å². The van der Waals surface area contributed by atoms with Crippen molar-refractivity contribution in [1.82, 2.24) is 10.1 Å². The normalized spacial score (nSPS) is 20.4. The van der Waals surface area contributed by atoms with Gasteiger partial charge < -0.3 is 15.2 Å². The number of primary amides is 1. The van der Waals surface area contributed by atoms with Gasteiger partial charge in [0, 0.05) is 12.6 Å². The molecule has 3 N–H and O–H groups in total. The number of carbonyl (C=O) groups is 2. The van der Waals surface area contributed by atoms with E-state index in [2.05, 4.69) is 5.16 Å². The third kappa shape index (κ3) is 2.61. The van der Waals surface area contributed by atoms with Crippen LogP contribution < -0.4 is 11.3 Å². The molecule has 20 heavy (non-hydrogen) atoms. The van der Waals surface area contributed by atoms with Gasteiger partial charge in [-0.2, -0.15) is 5.16 Å². The first-order valence-corrected chi connectivity index (χ1v) is 6.70. The lowest BCUT2D eigenvalue weighted by atomic mass is 9.91. The van der Waals surface area contributed by atoms with Crippen molar-refractivity contribution < 1.29 is 14.1 Å². The lowest BCUT2D eigenvalue weighted by molar-refractivity contribution is -0.139. The highest BCUT2D eigenvalue weighted by molar-refractivity contribution is 5.90. The zero-order chi connectivity index (χ0) is 14.9. The summed E-state index contributed by atoms with van der Waals surface area (Å²) in [6.45, 7) is 4.24. The van der Waals surface area contributed by atoms with Crippen LogP contribution in [0.5, 0.6) is 0 Å². The lowest BCUT2D eigenvalue weighted by Crippen LogP contribution is -2.46. The van der Waals surface area contributed by atoms with Gasteiger partial charge in [0.25, 0.3) is 5.56 Å². The first-order chi connectivity index (χ1) is 9.41. The second kappa shape index (κ2) is 5.52. The quantitative estimate of drug-likeness (QED) is 0.820. The van der Waals surface area contributed by atoms with Crippen LogP contribution in [-0.2, 0) is 9.59 Å². The predicted octanol–water partition coefficient (Wildman–Crippen LogP) is 0.184. The largest absolute Gasteiger partial charge is 0.383 e. The predicted molar refractivity (Wildman–Crippen MR) is 70.8 cm³/mol. The molecule has 1 aliphatic heterocycles. The third-order valence-corrected chi connectivity index (χ3v) is 3.65. The molecule has 0 radical (unpaired) electrons. The van der Waals surface area contributed by atoms with E-state index in [-0.39, 0.29) is 17.4 Å². The molecule has 2 heterocycles. The highest BCUT2D eigenvalue weighted by Gasteiger charge is 2.39. The maximum absolute atomic E-state index is 12.7. The molecule has 1 aliphatic rings. The Balaban J connectivity index is 2.28. The van der Waals surface area contributed by atoms with Gasteiger partial charge in [0.05, 0.1) is 0 Å². The van der Waals surface area contributed by atoms with Crippen molar-refractivity contribution >= 4 is 11.8 Å². The van der Waals surface area contributed by atoms with Crippen LogP contribution in [0.1, 0.15) is 38.4 Å². The van der Waals surface area contributed by atoms with Gasteiger partial charge in [-0.05, 0) is 18.8 Å². The number of likely N-dealkylation sites (tertiary alicyclic amines) is 1. The Morgan fingerprint density at radius 1 is 1.50 bits per heavy atom. The van der Waals surface area contributed by atoms with Gasteiger partial charge in [0.1, 0.15) is 12.0 Å². The van der Waals surface area contributed by atoms with Crippen molar-refractivity contribution in [2.45, 2.75) is 38.6 Å². The average molecular weight is 281 g/mol. The minimum atomic E-state index is -0.589. The maximum Gasteiger partial charge on any atom is 0.280 e. The Bertz CT molecular complexity index is 560. The van der Waals surface area contributed by atoms with Gasteiger partial charge in [0.15, 0.2) is 5.76 Å². The second-order valence-corrected chi connectivity index (χ2v) is 5.43. The molecule has 0 aliphatic carbocycles. The molecular formula is C13H19N3O4. The summed E-state index contributed by atoms with van der Waals surface area (Å²) in [6, 6.07) is 0.715. The van der Waals surface area contributed by atoms with Crippen LogP contribution in [0.3, 0.4) is 0 Å². The fraction of sp³-hybridized carbons (Fsp3) is 0.615. The van der Waals surface area contributed by atoms with E-state index < -0.39 is 17.9 Å². The number of hydrogen-bond donors (Lipinski definition) is 2. The van der Waals surface area contributed by atoms with E-state index in [1.165, 1.54) is 11.0 Å². The Hall–Kier alpha value is -2.05. The molecule has 2 rings (SSSR count). The van der Waals surface area contributed by atoms with Crippen molar-refractivity contribution in [3.8, 4) is 0 Å². The zero-order valence-corrected chi connectivity index (χ0v) is 11.6. The van der Waals surface area contributed by atoms with Crippen molar-refractivity contribution in [2.24, 2.45) is 11.7 Å². The summed E-state index contributed by atoms with van der Waals surface area (Å²) in [4.78, 5) is 36.7. The molecule has 2 amide bonds. The van der Waals surface area contributed by atoms with Crippen LogP contribution in [-0.4, -0.2) is 34.5 Å². The molecule has 2 atom stereocenters. The molecule has 0 aromatic carbocycles. The second-order valence-electron chi connectivity index (χ2n) is 5.43. The highest BCUT2D eigenvalue weighted by atomic mass is 16.5. The number of nitrogens with zero attached hydrogens (tertiary/aromatic N) is 1. The van der Waals surface area contributed by atoms with Gasteiger partial charge in [0.2, 0.25) is 11.8 Å². The van der Waals surface area contributed by atoms with E-state index in [9.17, 15) is 14.4 Å². The van der Waals surface area contributed by atoms with E-state index in [1.807, 2.05) is 13.8 Å². The van der Waals surface area contributed by atoms with E-state index >= 15 is 0 Å². The molecular weight excluding hydrogens is 262 g/mol. The average Bonchev–Trinajstić information content (AvgIpc) is 2.97. The Morgan fingerprint density at radius 3 is 2.70 bits per heavy atom. The standard InChI is InChI=1S/C13H19N3O4/c1-7(2)11(9-6-10(17)15-20-9)13(19)16-5-3-4-8(16)12(14)18/h6-8,11H,3-5H2,1-2H3,(H2,14,18)(H,15,17)/t8-,11?/m0/s1. The number of aromatic nitrogens is 1. The zero-order valence-electron chi connectivity index (χ0n) is 11.6. The van der Waals surface area contributed by atoms with Gasteiger partial charge >= 0.3 is 0 Å². The summed E-state index contributed by atoms with van der Waals surface area (Å²) >= 11 is 0. The number of aromatic amines is 1. The molecule has 1 aromatic heterocycles. The molecule has 7 heteroatoms. The van der Waals surface area contributed by atoms with E-state index in [0.717, 1.165) is 6.42 Å². The van der Waals surface area contributed by atoms with E-state index in [1.54, 1.807) is 0 Å². The Morgan fingerprint density at radius 2 is 2.20 bits per heavy atom. The van der Waals surface area contributed by atoms with Gasteiger partial charge in [-0.3, -0.25) is 14.4 Å². The minimum absolute atomic E-state index is 0.0597. The summed E-state index contributed by atoms with van der Waals surface area (Å²) in [5.41, 5.74) is 4.95. The van der Waals surface area contributed by atoms with Crippen LogP contribution in [0, 0.1) is 5.92 Å². The molecule has 110 valence electrons. The highest BCUT2D eigenvalue weighted by Crippen LogP contribution is 2.29. The van der Waals surface area contributed by atoms with E-state index in [0.29, 0.717) is 18.7 Å². The van der Waals surface area contributed by atoms with Crippen molar-refractivity contribution in [2.75, 3.05) is 6.54 Å². The van der Waals surface area contributed by atoms with Crippen LogP contribution >= 0.6 is 0 Å². The first-order valence-electron chi connectivity index (χ1n) is 6.70. The molecule has 1 fully saturated rings. The number of hydrogen-bond acceptors (Lipinski definition) is 4. The van der Waals surface area contributed by atoms with Crippen molar-refractivity contribution in [3.63, 3.8) is 0 Å². The van der Waals surface area contributed by atoms with Gasteiger partial charge in [-0.15, -0.1) is 0 Å². The van der Waals surface area contributed by atoms with Crippen molar-refractivity contribution in [3.05, 3.63) is 22.2 Å². The van der Waals surface area contributed by atoms with Crippen LogP contribution in [0.4, 0.5) is 0 Å². The SMILES string of the molecule is CC(C)C(C(=O)N1CCC[C@H]1C(N)=O)c1cc(=O)[nH]o1. The van der Waals surface area contributed by atoms with E-state index in [4.69, 9.17) is 10.3 Å². The molecule has 1 saturated heterocycles. The fourth-order valence-electron chi connectivity index (χ4n) is 2.69. The molecule has 7 nitrogen and oxygen atoms in total. The smallest absolute Gasteiger partial charge is 0.280 e. The monoisotopic (exact) mass is 281 g/mol. The summed E-state index contributed by atoms with van der Waals surface area (Å²) in [5, 5.41) is 2.19. The fourth-order valence-corrected chi connectivity index (χ4v) is 2.69. The first kappa shape index (κ1) is 14.4. The summed E-state index contributed by atoms with van der Waals surface area (Å²) in [7, 11) is 0. The molecule has 1 aromatic rings. The Labute approximate surface area is 116 Å². The van der Waals surface area contributed by atoms with Gasteiger partial charge in [-0.25, -0.2) is 0 Å². The minimum Gasteiger partial charge on any atom is -0.383 e. The lowest BCUT2D eigenvalue weighted by Gasteiger charge is -2.27. The number of amides is 2. The summed E-state index contributed by atoms with van der Waals surface area (Å²) in [5.74, 6) is -1.06. The molecule has 0 saturated carbocycles. The molecule has 1 unspecified atom stereocenters. The number of rotatable bonds is 4. The number of nitrogens with one attached hydrogen (secondary N) is 1. The number of H-pyrrole nitrogens is 1. The van der Waals surface area contributed by atoms with Crippen LogP contribution in [0.25, 0.3) is 0 Å². The number of nitrogens with two attached hydrogens (primary N) is 1. The van der Waals surface area contributed by atoms with Crippen LogP contribution in [0.15, 0.2) is 15.4 Å². The third-order valence-electron chi connectivity index (χ3n) is 3.65. The van der Waals surface area contributed by atoms with Crippen molar-refractivity contribution in [1.29, 1.82) is 0 Å². The Kier molecular flexibility index (Phi) is 3.96. The maximum atomic E-state index is 12.7.